The minimum Gasteiger partial charge on any atom is -0.0843 e. The van der Waals surface area contributed by atoms with Crippen molar-refractivity contribution in [2.45, 2.75) is 0 Å². The molecule has 0 saturated carbocycles. The van der Waals surface area contributed by atoms with Gasteiger partial charge < -0.3 is 0 Å². The van der Waals surface area contributed by atoms with Crippen LogP contribution in [-0.4, -0.2) is 0 Å². The fraction of sp³-hybridized carbons (Fsp3) is 0. The number of halogens is 1. The first-order valence-electron chi connectivity index (χ1n) is 6.99. The molecule has 100 valence electrons. The Morgan fingerprint density at radius 3 is 2.10 bits per heavy atom. The summed E-state index contributed by atoms with van der Waals surface area (Å²) in [5.41, 5.74) is 2.48. The maximum absolute atomic E-state index is 6.17. The summed E-state index contributed by atoms with van der Waals surface area (Å²) in [5, 5.41) is 5.75. The second-order valence-electron chi connectivity index (χ2n) is 5.20. The maximum Gasteiger partial charge on any atom is 0.0412 e. The van der Waals surface area contributed by atoms with Gasteiger partial charge in [-0.2, -0.15) is 0 Å². The molecule has 4 aromatic carbocycles. The van der Waals surface area contributed by atoms with Gasteiger partial charge in [0, 0.05) is 5.02 Å². The van der Waals surface area contributed by atoms with Crippen LogP contribution in [0.15, 0.2) is 78.9 Å². The average molecular weight is 289 g/mol. The van der Waals surface area contributed by atoms with Crippen LogP contribution in [0.3, 0.4) is 0 Å². The van der Waals surface area contributed by atoms with Crippen LogP contribution in [0.5, 0.6) is 0 Å². The average Bonchev–Trinajstić information content (AvgIpc) is 2.54. The Morgan fingerprint density at radius 2 is 1.29 bits per heavy atom. The highest BCUT2D eigenvalue weighted by molar-refractivity contribution is 6.31. The third-order valence-electron chi connectivity index (χ3n) is 3.91. The molecule has 0 fully saturated rings. The Labute approximate surface area is 128 Å². The van der Waals surface area contributed by atoms with Crippen LogP contribution in [0.2, 0.25) is 5.02 Å². The molecule has 0 amide bonds. The van der Waals surface area contributed by atoms with E-state index in [1.54, 1.807) is 0 Å². The molecular formula is C20H13Cl. The molecule has 0 aliphatic heterocycles. The van der Waals surface area contributed by atoms with Crippen molar-refractivity contribution in [1.29, 1.82) is 0 Å². The zero-order chi connectivity index (χ0) is 14.2. The molecule has 0 spiro atoms. The van der Waals surface area contributed by atoms with Crippen molar-refractivity contribution >= 4 is 33.1 Å². The van der Waals surface area contributed by atoms with E-state index in [4.69, 9.17) is 11.6 Å². The molecule has 0 bridgehead atoms. The highest BCUT2D eigenvalue weighted by atomic mass is 35.5. The summed E-state index contributed by atoms with van der Waals surface area (Å²) in [4.78, 5) is 0. The normalized spacial score (nSPS) is 11.1. The highest BCUT2D eigenvalue weighted by Crippen LogP contribution is 2.35. The van der Waals surface area contributed by atoms with Gasteiger partial charge in [0.2, 0.25) is 0 Å². The van der Waals surface area contributed by atoms with Crippen LogP contribution in [-0.2, 0) is 0 Å². The van der Waals surface area contributed by atoms with Gasteiger partial charge in [-0.05, 0) is 50.9 Å². The number of benzene rings is 4. The SMILES string of the molecule is Clc1ccc2c(c1)cc(-c1ccccc1)c1ccccc12. The zero-order valence-electron chi connectivity index (χ0n) is 11.4. The van der Waals surface area contributed by atoms with E-state index in [1.165, 1.54) is 32.7 Å². The minimum atomic E-state index is 0.775. The predicted molar refractivity (Wildman–Crippen MR) is 91.9 cm³/mol. The van der Waals surface area contributed by atoms with Crippen molar-refractivity contribution in [2.24, 2.45) is 0 Å². The molecule has 0 atom stereocenters. The van der Waals surface area contributed by atoms with E-state index in [-0.39, 0.29) is 0 Å². The molecule has 0 aliphatic carbocycles. The van der Waals surface area contributed by atoms with Crippen molar-refractivity contribution in [1.82, 2.24) is 0 Å². The molecule has 0 aliphatic rings. The number of hydrogen-bond acceptors (Lipinski definition) is 0. The first-order valence-corrected chi connectivity index (χ1v) is 7.37. The fourth-order valence-corrected chi connectivity index (χ4v) is 3.12. The molecule has 0 heterocycles. The van der Waals surface area contributed by atoms with Gasteiger partial charge in [-0.15, -0.1) is 0 Å². The lowest BCUT2D eigenvalue weighted by Gasteiger charge is -2.11. The van der Waals surface area contributed by atoms with Gasteiger partial charge in [-0.25, -0.2) is 0 Å². The van der Waals surface area contributed by atoms with Crippen LogP contribution < -0.4 is 0 Å². The zero-order valence-corrected chi connectivity index (χ0v) is 12.1. The standard InChI is InChI=1S/C20H13Cl/c21-16-10-11-17-15(12-16)13-20(14-6-2-1-3-7-14)19-9-5-4-8-18(17)19/h1-13H. The van der Waals surface area contributed by atoms with Crippen LogP contribution in [0.4, 0.5) is 0 Å². The van der Waals surface area contributed by atoms with Gasteiger partial charge in [0.25, 0.3) is 0 Å². The summed E-state index contributed by atoms with van der Waals surface area (Å²) in [5.74, 6) is 0. The lowest BCUT2D eigenvalue weighted by molar-refractivity contribution is 1.66. The fourth-order valence-electron chi connectivity index (χ4n) is 2.94. The molecule has 4 rings (SSSR count). The Morgan fingerprint density at radius 1 is 0.571 bits per heavy atom. The van der Waals surface area contributed by atoms with Crippen LogP contribution in [0, 0.1) is 0 Å². The Bertz CT molecular complexity index is 940. The monoisotopic (exact) mass is 288 g/mol. The van der Waals surface area contributed by atoms with Gasteiger partial charge in [-0.3, -0.25) is 0 Å². The van der Waals surface area contributed by atoms with Gasteiger partial charge in [0.1, 0.15) is 0 Å². The summed E-state index contributed by atoms with van der Waals surface area (Å²) in [6, 6.07) is 27.4. The van der Waals surface area contributed by atoms with Crippen molar-refractivity contribution in [2.75, 3.05) is 0 Å². The number of hydrogen-bond donors (Lipinski definition) is 0. The summed E-state index contributed by atoms with van der Waals surface area (Å²) >= 11 is 6.17. The van der Waals surface area contributed by atoms with Gasteiger partial charge in [0.05, 0.1) is 0 Å². The first kappa shape index (κ1) is 12.4. The van der Waals surface area contributed by atoms with E-state index < -0.39 is 0 Å². The third kappa shape index (κ3) is 2.09. The van der Waals surface area contributed by atoms with E-state index in [9.17, 15) is 0 Å². The van der Waals surface area contributed by atoms with E-state index in [1.807, 2.05) is 18.2 Å². The van der Waals surface area contributed by atoms with E-state index in [0.29, 0.717) is 0 Å². The van der Waals surface area contributed by atoms with E-state index >= 15 is 0 Å². The molecule has 0 saturated heterocycles. The lowest BCUT2D eigenvalue weighted by Crippen LogP contribution is -1.84. The summed E-state index contributed by atoms with van der Waals surface area (Å²) in [6.45, 7) is 0. The quantitative estimate of drug-likeness (QED) is 0.360. The topological polar surface area (TPSA) is 0 Å². The van der Waals surface area contributed by atoms with Crippen LogP contribution in [0.1, 0.15) is 0 Å². The van der Waals surface area contributed by atoms with Crippen LogP contribution in [0.25, 0.3) is 32.7 Å². The Hall–Kier alpha value is -2.31. The predicted octanol–water partition coefficient (Wildman–Crippen LogP) is 6.31. The summed E-state index contributed by atoms with van der Waals surface area (Å²) < 4.78 is 0. The number of fused-ring (bicyclic) bond motifs is 3. The van der Waals surface area contributed by atoms with Crippen molar-refractivity contribution < 1.29 is 0 Å². The Balaban J connectivity index is 2.18. The molecule has 0 N–H and O–H groups in total. The largest absolute Gasteiger partial charge is 0.0843 e. The highest BCUT2D eigenvalue weighted by Gasteiger charge is 2.08. The second-order valence-corrected chi connectivity index (χ2v) is 5.64. The Kier molecular flexibility index (Phi) is 2.90. The summed E-state index contributed by atoms with van der Waals surface area (Å²) in [7, 11) is 0. The van der Waals surface area contributed by atoms with E-state index in [0.717, 1.165) is 5.02 Å². The first-order chi connectivity index (χ1) is 10.3. The molecule has 21 heavy (non-hydrogen) atoms. The van der Waals surface area contributed by atoms with Crippen LogP contribution >= 0.6 is 11.6 Å². The minimum absolute atomic E-state index is 0.775. The van der Waals surface area contributed by atoms with Crippen molar-refractivity contribution in [3.63, 3.8) is 0 Å². The van der Waals surface area contributed by atoms with Crippen molar-refractivity contribution in [3.8, 4) is 11.1 Å². The van der Waals surface area contributed by atoms with Gasteiger partial charge >= 0.3 is 0 Å². The maximum atomic E-state index is 6.17. The van der Waals surface area contributed by atoms with E-state index in [2.05, 4.69) is 60.7 Å². The molecule has 1 heteroatoms. The third-order valence-corrected chi connectivity index (χ3v) is 4.14. The summed E-state index contributed by atoms with van der Waals surface area (Å²) in [6.07, 6.45) is 0. The van der Waals surface area contributed by atoms with Gasteiger partial charge in [-0.1, -0.05) is 72.3 Å². The molecule has 4 aromatic rings. The lowest BCUT2D eigenvalue weighted by atomic mass is 9.93. The molecule has 0 unspecified atom stereocenters. The second kappa shape index (κ2) is 4.91. The molecule has 0 nitrogen and oxygen atoms in total. The number of rotatable bonds is 1. The molecule has 0 aromatic heterocycles. The smallest absolute Gasteiger partial charge is 0.0412 e. The van der Waals surface area contributed by atoms with Crippen molar-refractivity contribution in [3.05, 3.63) is 83.9 Å². The molecular weight excluding hydrogens is 276 g/mol. The molecule has 0 radical (unpaired) electrons. The van der Waals surface area contributed by atoms with Gasteiger partial charge in [0.15, 0.2) is 0 Å².